The maximum atomic E-state index is 12.2. The third-order valence-electron chi connectivity index (χ3n) is 2.51. The Morgan fingerprint density at radius 3 is 2.28 bits per heavy atom. The molecule has 1 saturated heterocycles. The first-order valence-electron chi connectivity index (χ1n) is 5.16. The summed E-state index contributed by atoms with van der Waals surface area (Å²) < 4.78 is 65.4. The summed E-state index contributed by atoms with van der Waals surface area (Å²) in [6.07, 6.45) is -4.21. The van der Waals surface area contributed by atoms with Crippen LogP contribution in [0.25, 0.3) is 0 Å². The lowest BCUT2D eigenvalue weighted by molar-refractivity contribution is -0.275. The molecule has 0 saturated carbocycles. The fourth-order valence-corrected chi connectivity index (χ4v) is 3.17. The number of halogens is 3. The molecule has 1 aromatic carbocycles. The summed E-state index contributed by atoms with van der Waals surface area (Å²) in [4.78, 5) is -0.456. The van der Waals surface area contributed by atoms with Gasteiger partial charge in [-0.1, -0.05) is 12.1 Å². The number of sulfonamides is 1. The number of ether oxygens (including phenoxy) is 1. The van der Waals surface area contributed by atoms with E-state index < -0.39 is 27.0 Å². The Kier molecular flexibility index (Phi) is 3.24. The van der Waals surface area contributed by atoms with Gasteiger partial charge in [-0.15, -0.1) is 13.2 Å². The molecule has 0 bridgehead atoms. The van der Waals surface area contributed by atoms with Crippen molar-refractivity contribution in [2.75, 3.05) is 13.1 Å². The van der Waals surface area contributed by atoms with E-state index in [0.717, 1.165) is 16.4 Å². The molecule has 100 valence electrons. The highest BCUT2D eigenvalue weighted by atomic mass is 32.2. The molecular weight excluding hydrogens is 271 g/mol. The van der Waals surface area contributed by atoms with Crippen LogP contribution in [0.2, 0.25) is 0 Å². The van der Waals surface area contributed by atoms with Gasteiger partial charge < -0.3 is 4.74 Å². The lowest BCUT2D eigenvalue weighted by atomic mass is 10.3. The second-order valence-electron chi connectivity index (χ2n) is 3.75. The zero-order valence-electron chi connectivity index (χ0n) is 9.14. The molecule has 0 spiro atoms. The van der Waals surface area contributed by atoms with Crippen molar-refractivity contribution >= 4 is 10.0 Å². The maximum absolute atomic E-state index is 12.2. The van der Waals surface area contributed by atoms with Gasteiger partial charge in [0.25, 0.3) is 0 Å². The summed E-state index contributed by atoms with van der Waals surface area (Å²) in [6, 6.07) is 4.74. The van der Waals surface area contributed by atoms with Gasteiger partial charge >= 0.3 is 6.36 Å². The average molecular weight is 281 g/mol. The van der Waals surface area contributed by atoms with Crippen LogP contribution in [0.5, 0.6) is 5.75 Å². The van der Waals surface area contributed by atoms with E-state index in [4.69, 9.17) is 0 Å². The highest BCUT2D eigenvalue weighted by Gasteiger charge is 2.36. The van der Waals surface area contributed by atoms with Gasteiger partial charge in [-0.05, 0) is 18.6 Å². The van der Waals surface area contributed by atoms with Crippen LogP contribution in [0.15, 0.2) is 29.2 Å². The first-order valence-corrected chi connectivity index (χ1v) is 6.60. The Labute approximate surface area is 102 Å². The van der Waals surface area contributed by atoms with Crippen LogP contribution in [0, 0.1) is 0 Å². The lowest BCUT2D eigenvalue weighted by Crippen LogP contribution is -2.42. The Morgan fingerprint density at radius 2 is 1.78 bits per heavy atom. The first-order chi connectivity index (χ1) is 8.31. The van der Waals surface area contributed by atoms with Crippen LogP contribution in [0.1, 0.15) is 6.42 Å². The topological polar surface area (TPSA) is 46.6 Å². The van der Waals surface area contributed by atoms with Crippen molar-refractivity contribution < 1.29 is 26.3 Å². The first kappa shape index (κ1) is 13.2. The van der Waals surface area contributed by atoms with Crippen molar-refractivity contribution in [1.29, 1.82) is 0 Å². The molecule has 18 heavy (non-hydrogen) atoms. The Morgan fingerprint density at radius 1 is 1.17 bits per heavy atom. The standard InChI is InChI=1S/C10H10F3NO3S/c11-10(12,13)17-8-4-1-2-5-9(8)18(15,16)14-6-3-7-14/h1-2,4-5H,3,6-7H2. The summed E-state index contributed by atoms with van der Waals surface area (Å²) in [6.45, 7) is 0.644. The fraction of sp³-hybridized carbons (Fsp3) is 0.400. The Hall–Kier alpha value is -1.28. The molecule has 0 N–H and O–H groups in total. The molecule has 0 radical (unpaired) electrons. The number of nitrogens with zero attached hydrogens (tertiary/aromatic N) is 1. The van der Waals surface area contributed by atoms with Crippen molar-refractivity contribution in [2.24, 2.45) is 0 Å². The number of alkyl halides is 3. The number of benzene rings is 1. The summed E-state index contributed by atoms with van der Waals surface area (Å²) in [5, 5.41) is 0. The molecule has 1 aromatic rings. The lowest BCUT2D eigenvalue weighted by Gasteiger charge is -2.30. The SMILES string of the molecule is O=S(=O)(c1ccccc1OC(F)(F)F)N1CCC1. The van der Waals surface area contributed by atoms with E-state index in [-0.39, 0.29) is 0 Å². The van der Waals surface area contributed by atoms with Crippen LogP contribution in [0.4, 0.5) is 13.2 Å². The number of rotatable bonds is 3. The van der Waals surface area contributed by atoms with Crippen LogP contribution < -0.4 is 4.74 Å². The van der Waals surface area contributed by atoms with Gasteiger partial charge in [0.1, 0.15) is 10.6 Å². The molecule has 1 heterocycles. The smallest absolute Gasteiger partial charge is 0.404 e. The second-order valence-corrected chi connectivity index (χ2v) is 5.66. The normalized spacial score (nSPS) is 17.3. The molecule has 1 aliphatic heterocycles. The van der Waals surface area contributed by atoms with E-state index in [0.29, 0.717) is 19.5 Å². The van der Waals surface area contributed by atoms with Crippen molar-refractivity contribution in [1.82, 2.24) is 4.31 Å². The highest BCUT2D eigenvalue weighted by molar-refractivity contribution is 7.89. The van der Waals surface area contributed by atoms with E-state index in [2.05, 4.69) is 4.74 Å². The number of para-hydroxylation sites is 1. The van der Waals surface area contributed by atoms with Crippen molar-refractivity contribution in [2.45, 2.75) is 17.7 Å². The zero-order chi connectivity index (χ0) is 13.4. The maximum Gasteiger partial charge on any atom is 0.573 e. The quantitative estimate of drug-likeness (QED) is 0.851. The molecule has 2 rings (SSSR count). The van der Waals surface area contributed by atoms with Gasteiger partial charge in [0.15, 0.2) is 0 Å². The Bertz CT molecular complexity index is 538. The van der Waals surface area contributed by atoms with E-state index in [1.165, 1.54) is 12.1 Å². The van der Waals surface area contributed by atoms with Crippen LogP contribution in [-0.2, 0) is 10.0 Å². The van der Waals surface area contributed by atoms with E-state index in [1.54, 1.807) is 0 Å². The molecule has 0 aliphatic carbocycles. The minimum Gasteiger partial charge on any atom is -0.404 e. The van der Waals surface area contributed by atoms with Crippen molar-refractivity contribution in [3.8, 4) is 5.75 Å². The van der Waals surface area contributed by atoms with Crippen molar-refractivity contribution in [3.05, 3.63) is 24.3 Å². The summed E-state index contributed by atoms with van der Waals surface area (Å²) in [5.74, 6) is -0.697. The van der Waals surface area contributed by atoms with Crippen LogP contribution in [0.3, 0.4) is 0 Å². The molecule has 0 aromatic heterocycles. The zero-order valence-corrected chi connectivity index (χ0v) is 9.96. The number of hydrogen-bond donors (Lipinski definition) is 0. The summed E-state index contributed by atoms with van der Waals surface area (Å²) in [5.41, 5.74) is 0. The average Bonchev–Trinajstić information content (AvgIpc) is 2.11. The number of hydrogen-bond acceptors (Lipinski definition) is 3. The third kappa shape index (κ3) is 2.59. The Balaban J connectivity index is 2.38. The molecule has 0 atom stereocenters. The van der Waals surface area contributed by atoms with Crippen LogP contribution in [-0.4, -0.2) is 32.2 Å². The molecule has 1 aliphatic rings. The second kappa shape index (κ2) is 4.43. The predicted octanol–water partition coefficient (Wildman–Crippen LogP) is 1.98. The van der Waals surface area contributed by atoms with Gasteiger partial charge in [-0.3, -0.25) is 0 Å². The summed E-state index contributed by atoms with van der Waals surface area (Å²) >= 11 is 0. The van der Waals surface area contributed by atoms with Gasteiger partial charge in [0.05, 0.1) is 0 Å². The monoisotopic (exact) mass is 281 g/mol. The van der Waals surface area contributed by atoms with E-state index in [1.807, 2.05) is 0 Å². The molecule has 1 fully saturated rings. The van der Waals surface area contributed by atoms with Gasteiger partial charge in [-0.2, -0.15) is 4.31 Å². The largest absolute Gasteiger partial charge is 0.573 e. The van der Waals surface area contributed by atoms with Crippen LogP contribution >= 0.6 is 0 Å². The van der Waals surface area contributed by atoms with Gasteiger partial charge in [0.2, 0.25) is 10.0 Å². The minimum atomic E-state index is -4.92. The van der Waals surface area contributed by atoms with E-state index >= 15 is 0 Å². The predicted molar refractivity (Wildman–Crippen MR) is 56.5 cm³/mol. The molecule has 4 nitrogen and oxygen atoms in total. The fourth-order valence-electron chi connectivity index (χ4n) is 1.54. The summed E-state index contributed by atoms with van der Waals surface area (Å²) in [7, 11) is -3.90. The molecular formula is C10H10F3NO3S. The molecule has 8 heteroatoms. The molecule has 0 unspecified atom stereocenters. The molecule has 0 amide bonds. The van der Waals surface area contributed by atoms with E-state index in [9.17, 15) is 21.6 Å². The van der Waals surface area contributed by atoms with Gasteiger partial charge in [-0.25, -0.2) is 8.42 Å². The van der Waals surface area contributed by atoms with Crippen molar-refractivity contribution in [3.63, 3.8) is 0 Å². The third-order valence-corrected chi connectivity index (χ3v) is 4.45. The highest BCUT2D eigenvalue weighted by Crippen LogP contribution is 2.32. The minimum absolute atomic E-state index is 0.322. The van der Waals surface area contributed by atoms with Gasteiger partial charge in [0, 0.05) is 13.1 Å².